The lowest BCUT2D eigenvalue weighted by atomic mass is 10.2. The van der Waals surface area contributed by atoms with Gasteiger partial charge < -0.3 is 14.5 Å². The van der Waals surface area contributed by atoms with Crippen molar-refractivity contribution in [1.29, 1.82) is 0 Å². The Morgan fingerprint density at radius 2 is 2.17 bits per heavy atom. The standard InChI is InChI=1S/C16H14N4O3S/c1-22-12-6-4-5-11(9-12)15-19-20-16(23-15)24-10-14(21)18-13-7-2-3-8-17-13/h2-9H,10H2,1H3,(H,17,18,21). The number of nitrogens with zero attached hydrogens (tertiary/aromatic N) is 3. The Morgan fingerprint density at radius 3 is 2.96 bits per heavy atom. The Morgan fingerprint density at radius 1 is 1.25 bits per heavy atom. The highest BCUT2D eigenvalue weighted by atomic mass is 32.2. The van der Waals surface area contributed by atoms with Gasteiger partial charge in [0.05, 0.1) is 12.9 Å². The van der Waals surface area contributed by atoms with E-state index in [-0.39, 0.29) is 11.7 Å². The molecule has 8 heteroatoms. The molecule has 122 valence electrons. The van der Waals surface area contributed by atoms with Gasteiger partial charge in [-0.3, -0.25) is 4.79 Å². The summed E-state index contributed by atoms with van der Waals surface area (Å²) >= 11 is 1.16. The number of benzene rings is 1. The number of ether oxygens (including phenoxy) is 1. The maximum Gasteiger partial charge on any atom is 0.277 e. The van der Waals surface area contributed by atoms with E-state index in [1.807, 2.05) is 18.2 Å². The van der Waals surface area contributed by atoms with Crippen molar-refractivity contribution in [3.05, 3.63) is 48.7 Å². The molecule has 2 aromatic heterocycles. The van der Waals surface area contributed by atoms with Crippen molar-refractivity contribution in [2.24, 2.45) is 0 Å². The number of carbonyl (C=O) groups is 1. The highest BCUT2D eigenvalue weighted by molar-refractivity contribution is 7.99. The molecular weight excluding hydrogens is 328 g/mol. The van der Waals surface area contributed by atoms with E-state index in [9.17, 15) is 4.79 Å². The molecule has 1 amide bonds. The van der Waals surface area contributed by atoms with Gasteiger partial charge in [-0.15, -0.1) is 10.2 Å². The van der Waals surface area contributed by atoms with Gasteiger partial charge in [-0.1, -0.05) is 23.9 Å². The molecule has 0 atom stereocenters. The fourth-order valence-corrected chi connectivity index (χ4v) is 2.45. The van der Waals surface area contributed by atoms with Crippen LogP contribution in [0.5, 0.6) is 5.75 Å². The molecule has 0 saturated heterocycles. The van der Waals surface area contributed by atoms with E-state index in [1.165, 1.54) is 0 Å². The summed E-state index contributed by atoms with van der Waals surface area (Å²) in [6, 6.07) is 12.6. The molecule has 2 heterocycles. The summed E-state index contributed by atoms with van der Waals surface area (Å²) in [4.78, 5) is 15.9. The van der Waals surface area contributed by atoms with Gasteiger partial charge in [0.15, 0.2) is 0 Å². The largest absolute Gasteiger partial charge is 0.497 e. The van der Waals surface area contributed by atoms with Gasteiger partial charge in [-0.25, -0.2) is 4.98 Å². The van der Waals surface area contributed by atoms with Crippen LogP contribution in [0, 0.1) is 0 Å². The van der Waals surface area contributed by atoms with Crippen LogP contribution in [0.2, 0.25) is 0 Å². The summed E-state index contributed by atoms with van der Waals surface area (Å²) in [6.45, 7) is 0. The van der Waals surface area contributed by atoms with E-state index in [1.54, 1.807) is 37.6 Å². The number of amides is 1. The molecule has 0 radical (unpaired) electrons. The molecule has 0 unspecified atom stereocenters. The van der Waals surface area contributed by atoms with Crippen LogP contribution < -0.4 is 10.1 Å². The lowest BCUT2D eigenvalue weighted by Gasteiger charge is -2.02. The average molecular weight is 342 g/mol. The molecule has 0 fully saturated rings. The third kappa shape index (κ3) is 4.11. The van der Waals surface area contributed by atoms with E-state index in [2.05, 4.69) is 20.5 Å². The topological polar surface area (TPSA) is 90.1 Å². The van der Waals surface area contributed by atoms with Gasteiger partial charge in [0, 0.05) is 11.8 Å². The zero-order chi connectivity index (χ0) is 16.8. The summed E-state index contributed by atoms with van der Waals surface area (Å²) in [5, 5.41) is 10.9. The Labute approximate surface area is 142 Å². The van der Waals surface area contributed by atoms with Crippen molar-refractivity contribution in [1.82, 2.24) is 15.2 Å². The number of nitrogens with one attached hydrogen (secondary N) is 1. The first-order chi connectivity index (χ1) is 11.7. The number of anilines is 1. The predicted octanol–water partition coefficient (Wildman–Crippen LogP) is 2.87. The van der Waals surface area contributed by atoms with Crippen molar-refractivity contribution in [2.75, 3.05) is 18.2 Å². The molecule has 3 aromatic rings. The minimum absolute atomic E-state index is 0.149. The molecule has 0 aliphatic rings. The van der Waals surface area contributed by atoms with Crippen molar-refractivity contribution in [3.63, 3.8) is 0 Å². The minimum Gasteiger partial charge on any atom is -0.497 e. The predicted molar refractivity (Wildman–Crippen MR) is 89.9 cm³/mol. The molecular formula is C16H14N4O3S. The molecule has 0 aliphatic carbocycles. The second kappa shape index (κ2) is 7.60. The van der Waals surface area contributed by atoms with Gasteiger partial charge in [0.25, 0.3) is 5.22 Å². The number of thioether (sulfide) groups is 1. The van der Waals surface area contributed by atoms with Crippen molar-refractivity contribution in [3.8, 4) is 17.2 Å². The number of aromatic nitrogens is 3. The second-order valence-corrected chi connectivity index (χ2v) is 5.58. The van der Waals surface area contributed by atoms with Crippen LogP contribution in [0.25, 0.3) is 11.5 Å². The minimum atomic E-state index is -0.195. The maximum absolute atomic E-state index is 11.9. The number of hydrogen-bond donors (Lipinski definition) is 1. The lowest BCUT2D eigenvalue weighted by Crippen LogP contribution is -2.14. The average Bonchev–Trinajstić information content (AvgIpc) is 3.10. The first-order valence-electron chi connectivity index (χ1n) is 7.06. The Kier molecular flexibility index (Phi) is 5.07. The third-order valence-electron chi connectivity index (χ3n) is 2.98. The van der Waals surface area contributed by atoms with Crippen molar-refractivity contribution >= 4 is 23.5 Å². The van der Waals surface area contributed by atoms with Crippen LogP contribution >= 0.6 is 11.8 Å². The molecule has 1 N–H and O–H groups in total. The van der Waals surface area contributed by atoms with E-state index in [0.717, 1.165) is 17.3 Å². The quantitative estimate of drug-likeness (QED) is 0.689. The number of carbonyl (C=O) groups excluding carboxylic acids is 1. The van der Waals surface area contributed by atoms with Crippen LogP contribution in [-0.2, 0) is 4.79 Å². The van der Waals surface area contributed by atoms with Gasteiger partial charge in [0.2, 0.25) is 11.8 Å². The Balaban J connectivity index is 1.59. The third-order valence-corrected chi connectivity index (χ3v) is 3.80. The molecule has 3 rings (SSSR count). The molecule has 0 aliphatic heterocycles. The number of hydrogen-bond acceptors (Lipinski definition) is 7. The van der Waals surface area contributed by atoms with Gasteiger partial charge in [0.1, 0.15) is 11.6 Å². The van der Waals surface area contributed by atoms with Crippen LogP contribution in [0.4, 0.5) is 5.82 Å². The summed E-state index contributed by atoms with van der Waals surface area (Å²) in [5.41, 5.74) is 0.756. The normalized spacial score (nSPS) is 10.4. The highest BCUT2D eigenvalue weighted by Crippen LogP contribution is 2.25. The molecule has 0 bridgehead atoms. The van der Waals surface area contributed by atoms with Crippen molar-refractivity contribution < 1.29 is 13.9 Å². The summed E-state index contributed by atoms with van der Waals surface area (Å²) in [6.07, 6.45) is 1.61. The number of methoxy groups -OCH3 is 1. The van der Waals surface area contributed by atoms with Crippen LogP contribution in [0.15, 0.2) is 58.3 Å². The van der Waals surface area contributed by atoms with Crippen LogP contribution in [0.1, 0.15) is 0 Å². The zero-order valence-electron chi connectivity index (χ0n) is 12.8. The first kappa shape index (κ1) is 16.0. The second-order valence-electron chi connectivity index (χ2n) is 4.66. The van der Waals surface area contributed by atoms with E-state index in [0.29, 0.717) is 22.7 Å². The molecule has 1 aromatic carbocycles. The fraction of sp³-hybridized carbons (Fsp3) is 0.125. The SMILES string of the molecule is COc1cccc(-c2nnc(SCC(=O)Nc3ccccn3)o2)c1. The summed E-state index contributed by atoms with van der Waals surface area (Å²) < 4.78 is 10.7. The zero-order valence-corrected chi connectivity index (χ0v) is 13.6. The van der Waals surface area contributed by atoms with E-state index in [4.69, 9.17) is 9.15 Å². The van der Waals surface area contributed by atoms with Crippen molar-refractivity contribution in [2.45, 2.75) is 5.22 Å². The number of pyridine rings is 1. The van der Waals surface area contributed by atoms with Gasteiger partial charge >= 0.3 is 0 Å². The smallest absolute Gasteiger partial charge is 0.277 e. The van der Waals surface area contributed by atoms with E-state index >= 15 is 0 Å². The first-order valence-corrected chi connectivity index (χ1v) is 8.05. The van der Waals surface area contributed by atoms with Gasteiger partial charge in [-0.05, 0) is 30.3 Å². The fourth-order valence-electron chi connectivity index (χ4n) is 1.88. The molecule has 0 saturated carbocycles. The Hall–Kier alpha value is -2.87. The molecule has 0 spiro atoms. The molecule has 7 nitrogen and oxygen atoms in total. The lowest BCUT2D eigenvalue weighted by molar-refractivity contribution is -0.113. The maximum atomic E-state index is 11.9. The number of rotatable bonds is 6. The van der Waals surface area contributed by atoms with Crippen LogP contribution in [0.3, 0.4) is 0 Å². The molecule has 24 heavy (non-hydrogen) atoms. The van der Waals surface area contributed by atoms with Gasteiger partial charge in [-0.2, -0.15) is 0 Å². The van der Waals surface area contributed by atoms with Crippen LogP contribution in [-0.4, -0.2) is 34.0 Å². The summed E-state index contributed by atoms with van der Waals surface area (Å²) in [5.74, 6) is 1.54. The highest BCUT2D eigenvalue weighted by Gasteiger charge is 2.12. The monoisotopic (exact) mass is 342 g/mol. The summed E-state index contributed by atoms with van der Waals surface area (Å²) in [7, 11) is 1.59. The van der Waals surface area contributed by atoms with E-state index < -0.39 is 0 Å². The Bertz CT molecular complexity index is 823.